The number of urea groups is 1. The maximum Gasteiger partial charge on any atom is 0.317 e. The number of benzene rings is 1. The van der Waals surface area contributed by atoms with Crippen molar-refractivity contribution < 1.29 is 9.53 Å². The molecule has 1 aromatic heterocycles. The van der Waals surface area contributed by atoms with Crippen molar-refractivity contribution in [3.63, 3.8) is 0 Å². The Labute approximate surface area is 148 Å². The van der Waals surface area contributed by atoms with Crippen molar-refractivity contribution in [3.8, 4) is 5.75 Å². The van der Waals surface area contributed by atoms with Gasteiger partial charge in [-0.15, -0.1) is 0 Å². The molecule has 1 aromatic carbocycles. The van der Waals surface area contributed by atoms with Crippen LogP contribution in [-0.2, 0) is 13.1 Å². The molecule has 0 atom stereocenters. The van der Waals surface area contributed by atoms with Gasteiger partial charge in [-0.05, 0) is 29.8 Å². The minimum absolute atomic E-state index is 0.00620. The van der Waals surface area contributed by atoms with Crippen LogP contribution in [0.15, 0.2) is 48.7 Å². The quantitative estimate of drug-likeness (QED) is 0.906. The summed E-state index contributed by atoms with van der Waals surface area (Å²) in [4.78, 5) is 20.9. The van der Waals surface area contributed by atoms with Crippen molar-refractivity contribution in [1.29, 1.82) is 0 Å². The molecule has 1 aliphatic heterocycles. The Bertz CT molecular complexity index is 668. The maximum atomic E-state index is 12.3. The van der Waals surface area contributed by atoms with Gasteiger partial charge in [-0.1, -0.05) is 18.2 Å². The molecule has 2 heterocycles. The minimum atomic E-state index is -0.00620. The van der Waals surface area contributed by atoms with E-state index in [0.29, 0.717) is 6.54 Å². The number of pyridine rings is 1. The van der Waals surface area contributed by atoms with Crippen LogP contribution in [0.25, 0.3) is 0 Å². The summed E-state index contributed by atoms with van der Waals surface area (Å²) < 4.78 is 5.14. The third-order valence-corrected chi connectivity index (χ3v) is 4.37. The van der Waals surface area contributed by atoms with E-state index in [9.17, 15) is 4.79 Å². The van der Waals surface area contributed by atoms with Gasteiger partial charge in [0.05, 0.1) is 12.8 Å². The van der Waals surface area contributed by atoms with Gasteiger partial charge >= 0.3 is 6.03 Å². The lowest BCUT2D eigenvalue weighted by Gasteiger charge is -2.34. The summed E-state index contributed by atoms with van der Waals surface area (Å²) in [5.74, 6) is 0.819. The molecule has 0 aliphatic carbocycles. The van der Waals surface area contributed by atoms with E-state index in [1.54, 1.807) is 7.11 Å². The SMILES string of the molecule is COc1ccc(CNC(=O)N2CCN(Cc3ccccn3)CC2)cc1. The van der Waals surface area contributed by atoms with Crippen molar-refractivity contribution in [3.05, 3.63) is 59.9 Å². The van der Waals surface area contributed by atoms with E-state index in [1.165, 1.54) is 0 Å². The number of nitrogens with zero attached hydrogens (tertiary/aromatic N) is 3. The van der Waals surface area contributed by atoms with Crippen molar-refractivity contribution in [1.82, 2.24) is 20.1 Å². The van der Waals surface area contributed by atoms with Crippen LogP contribution >= 0.6 is 0 Å². The van der Waals surface area contributed by atoms with Crippen molar-refractivity contribution in [2.75, 3.05) is 33.3 Å². The molecule has 25 heavy (non-hydrogen) atoms. The summed E-state index contributed by atoms with van der Waals surface area (Å²) in [5, 5.41) is 2.99. The van der Waals surface area contributed by atoms with Gasteiger partial charge in [0, 0.05) is 45.5 Å². The summed E-state index contributed by atoms with van der Waals surface area (Å²) in [6.07, 6.45) is 1.82. The largest absolute Gasteiger partial charge is 0.497 e. The molecule has 3 rings (SSSR count). The number of carbonyl (C=O) groups is 1. The molecule has 6 nitrogen and oxygen atoms in total. The van der Waals surface area contributed by atoms with Crippen LogP contribution in [0.5, 0.6) is 5.75 Å². The molecule has 0 bridgehead atoms. The first kappa shape index (κ1) is 17.2. The lowest BCUT2D eigenvalue weighted by Crippen LogP contribution is -2.51. The van der Waals surface area contributed by atoms with Gasteiger partial charge in [-0.2, -0.15) is 0 Å². The van der Waals surface area contributed by atoms with Crippen LogP contribution < -0.4 is 10.1 Å². The van der Waals surface area contributed by atoms with Gasteiger partial charge in [-0.25, -0.2) is 4.79 Å². The molecule has 1 fully saturated rings. The van der Waals surface area contributed by atoms with E-state index in [2.05, 4.69) is 15.2 Å². The molecular weight excluding hydrogens is 316 g/mol. The second-order valence-corrected chi connectivity index (χ2v) is 6.09. The monoisotopic (exact) mass is 340 g/mol. The third-order valence-electron chi connectivity index (χ3n) is 4.37. The first-order valence-electron chi connectivity index (χ1n) is 8.52. The van der Waals surface area contributed by atoms with E-state index in [1.807, 2.05) is 53.6 Å². The van der Waals surface area contributed by atoms with Crippen molar-refractivity contribution >= 4 is 6.03 Å². The lowest BCUT2D eigenvalue weighted by atomic mass is 10.2. The number of hydrogen-bond donors (Lipinski definition) is 1. The molecule has 0 unspecified atom stereocenters. The topological polar surface area (TPSA) is 57.7 Å². The lowest BCUT2D eigenvalue weighted by molar-refractivity contribution is 0.134. The number of ether oxygens (including phenoxy) is 1. The third kappa shape index (κ3) is 4.93. The minimum Gasteiger partial charge on any atom is -0.497 e. The number of piperazine rings is 1. The van der Waals surface area contributed by atoms with E-state index in [4.69, 9.17) is 4.74 Å². The Hall–Kier alpha value is -2.60. The number of amides is 2. The average molecular weight is 340 g/mol. The molecular formula is C19H24N4O2. The Morgan fingerprint density at radius 1 is 1.12 bits per heavy atom. The molecule has 0 saturated carbocycles. The van der Waals surface area contributed by atoms with Crippen LogP contribution in [0.3, 0.4) is 0 Å². The highest BCUT2D eigenvalue weighted by Gasteiger charge is 2.21. The highest BCUT2D eigenvalue weighted by atomic mass is 16.5. The number of methoxy groups -OCH3 is 1. The summed E-state index contributed by atoms with van der Waals surface area (Å²) >= 11 is 0. The van der Waals surface area contributed by atoms with Crippen molar-refractivity contribution in [2.45, 2.75) is 13.1 Å². The first-order chi connectivity index (χ1) is 12.2. The second-order valence-electron chi connectivity index (χ2n) is 6.09. The zero-order valence-corrected chi connectivity index (χ0v) is 14.5. The van der Waals surface area contributed by atoms with Gasteiger partial charge < -0.3 is 15.0 Å². The zero-order chi connectivity index (χ0) is 17.5. The number of nitrogens with one attached hydrogen (secondary N) is 1. The Kier molecular flexibility index (Phi) is 5.85. The average Bonchev–Trinajstić information content (AvgIpc) is 2.68. The predicted octanol–water partition coefficient (Wildman–Crippen LogP) is 2.12. The smallest absolute Gasteiger partial charge is 0.317 e. The molecule has 2 aromatic rings. The van der Waals surface area contributed by atoms with Gasteiger partial charge in [0.2, 0.25) is 0 Å². The van der Waals surface area contributed by atoms with Gasteiger partial charge in [0.25, 0.3) is 0 Å². The molecule has 1 saturated heterocycles. The van der Waals surface area contributed by atoms with Crippen LogP contribution in [0.2, 0.25) is 0 Å². The normalized spacial score (nSPS) is 15.0. The van der Waals surface area contributed by atoms with Gasteiger partial charge in [0.15, 0.2) is 0 Å². The van der Waals surface area contributed by atoms with E-state index in [0.717, 1.165) is 49.7 Å². The molecule has 132 valence electrons. The zero-order valence-electron chi connectivity index (χ0n) is 14.5. The predicted molar refractivity (Wildman–Crippen MR) is 96.3 cm³/mol. The summed E-state index contributed by atoms with van der Waals surface area (Å²) in [6, 6.07) is 13.7. The molecule has 1 N–H and O–H groups in total. The number of carbonyl (C=O) groups excluding carboxylic acids is 1. The molecule has 0 radical (unpaired) electrons. The number of aromatic nitrogens is 1. The summed E-state index contributed by atoms with van der Waals surface area (Å²) in [7, 11) is 1.64. The fourth-order valence-electron chi connectivity index (χ4n) is 2.86. The van der Waals surface area contributed by atoms with Crippen LogP contribution in [-0.4, -0.2) is 54.1 Å². The van der Waals surface area contributed by atoms with Gasteiger partial charge in [0.1, 0.15) is 5.75 Å². The summed E-state index contributed by atoms with van der Waals surface area (Å²) in [5.41, 5.74) is 2.13. The highest BCUT2D eigenvalue weighted by molar-refractivity contribution is 5.74. The van der Waals surface area contributed by atoms with E-state index < -0.39 is 0 Å². The van der Waals surface area contributed by atoms with Crippen LogP contribution in [0.4, 0.5) is 4.79 Å². The Morgan fingerprint density at radius 2 is 1.88 bits per heavy atom. The Morgan fingerprint density at radius 3 is 2.52 bits per heavy atom. The fourth-order valence-corrected chi connectivity index (χ4v) is 2.86. The van der Waals surface area contributed by atoms with E-state index >= 15 is 0 Å². The molecule has 6 heteroatoms. The standard InChI is InChI=1S/C19H24N4O2/c1-25-18-7-5-16(6-8-18)14-21-19(24)23-12-10-22(11-13-23)15-17-4-2-3-9-20-17/h2-9H,10-15H2,1H3,(H,21,24). The Balaban J connectivity index is 1.41. The van der Waals surface area contributed by atoms with E-state index in [-0.39, 0.29) is 6.03 Å². The molecule has 1 aliphatic rings. The van der Waals surface area contributed by atoms with Crippen molar-refractivity contribution in [2.24, 2.45) is 0 Å². The number of rotatable bonds is 5. The second kappa shape index (κ2) is 8.48. The van der Waals surface area contributed by atoms with Crippen LogP contribution in [0, 0.1) is 0 Å². The van der Waals surface area contributed by atoms with Crippen LogP contribution in [0.1, 0.15) is 11.3 Å². The molecule has 0 spiro atoms. The number of hydrogen-bond acceptors (Lipinski definition) is 4. The fraction of sp³-hybridized carbons (Fsp3) is 0.368. The molecule has 2 amide bonds. The maximum absolute atomic E-state index is 12.3. The highest BCUT2D eigenvalue weighted by Crippen LogP contribution is 2.11. The summed E-state index contributed by atoms with van der Waals surface area (Å²) in [6.45, 7) is 4.57. The first-order valence-corrected chi connectivity index (χ1v) is 8.52. The van der Waals surface area contributed by atoms with Gasteiger partial charge in [-0.3, -0.25) is 9.88 Å².